The van der Waals surface area contributed by atoms with Crippen molar-refractivity contribution >= 4 is 29.2 Å². The van der Waals surface area contributed by atoms with Gasteiger partial charge in [0.2, 0.25) is 0 Å². The molecule has 29 heavy (non-hydrogen) atoms. The Morgan fingerprint density at radius 1 is 1.34 bits per heavy atom. The third-order valence-electron chi connectivity index (χ3n) is 4.99. The van der Waals surface area contributed by atoms with E-state index < -0.39 is 6.03 Å². The molecule has 8 heteroatoms. The van der Waals surface area contributed by atoms with Gasteiger partial charge in [-0.25, -0.2) is 9.78 Å². The van der Waals surface area contributed by atoms with Crippen molar-refractivity contribution in [1.29, 1.82) is 5.41 Å². The van der Waals surface area contributed by atoms with Gasteiger partial charge in [0.1, 0.15) is 5.82 Å². The van der Waals surface area contributed by atoms with Crippen molar-refractivity contribution in [2.24, 2.45) is 11.8 Å². The molecular weight excluding hydrogens is 370 g/mol. The number of urea groups is 1. The Balaban J connectivity index is 1.59. The fraction of sp³-hybridized carbons (Fsp3) is 0.333. The molecule has 0 spiro atoms. The zero-order valence-electron chi connectivity index (χ0n) is 16.4. The maximum absolute atomic E-state index is 12.3. The van der Waals surface area contributed by atoms with Crippen LogP contribution in [0.1, 0.15) is 25.3 Å². The van der Waals surface area contributed by atoms with E-state index in [2.05, 4.69) is 15.6 Å². The first kappa shape index (κ1) is 20.3. The van der Waals surface area contributed by atoms with Crippen LogP contribution in [0.4, 0.5) is 16.3 Å². The van der Waals surface area contributed by atoms with Crippen LogP contribution in [0.25, 0.3) is 0 Å². The molecule has 152 valence electrons. The third kappa shape index (κ3) is 4.90. The quantitative estimate of drug-likeness (QED) is 0.435. The second-order valence-electron chi connectivity index (χ2n) is 7.10. The van der Waals surface area contributed by atoms with Crippen molar-refractivity contribution in [2.75, 3.05) is 18.2 Å². The summed E-state index contributed by atoms with van der Waals surface area (Å²) in [4.78, 5) is 28.0. The predicted molar refractivity (Wildman–Crippen MR) is 112 cm³/mol. The lowest BCUT2D eigenvalue weighted by molar-refractivity contribution is -0.142. The number of carbonyl (C=O) groups is 2. The number of anilines is 2. The number of nitrogen functional groups attached to an aromatic ring is 1. The topological polar surface area (TPSA) is 130 Å². The van der Waals surface area contributed by atoms with E-state index in [9.17, 15) is 9.59 Å². The largest absolute Gasteiger partial charge is 0.469 e. The molecule has 2 amide bonds. The minimum absolute atomic E-state index is 0.177. The van der Waals surface area contributed by atoms with E-state index in [1.54, 1.807) is 0 Å². The van der Waals surface area contributed by atoms with Gasteiger partial charge in [-0.1, -0.05) is 30.4 Å². The van der Waals surface area contributed by atoms with Gasteiger partial charge >= 0.3 is 12.0 Å². The van der Waals surface area contributed by atoms with Gasteiger partial charge in [-0.05, 0) is 25.3 Å². The number of rotatable bonds is 6. The molecule has 5 N–H and O–H groups in total. The molecule has 1 aromatic rings. The standard InChI is InChI=1S/C21H25N5O3/c1-12(13-7-5-3-4-6-8-13)25-21(28)26-18-10-17(22)16(11-24-18)19(23)14-9-15(14)20(27)29-2/h3,5-8,10-12,14-15,23H,4,9H2,1-2H3,(H4,22,24,25,26,28)/t12-,14?,15?/m1/s1. The number of amides is 2. The Labute approximate surface area is 169 Å². The van der Waals surface area contributed by atoms with Gasteiger partial charge in [0, 0.05) is 35.1 Å². The summed E-state index contributed by atoms with van der Waals surface area (Å²) in [5, 5.41) is 13.8. The number of nitrogens with zero attached hydrogens (tertiary/aromatic N) is 1. The molecule has 3 atom stereocenters. The maximum atomic E-state index is 12.3. The molecule has 0 radical (unpaired) electrons. The molecule has 1 aromatic heterocycles. The van der Waals surface area contributed by atoms with Gasteiger partial charge in [-0.15, -0.1) is 0 Å². The lowest BCUT2D eigenvalue weighted by atomic mass is 10.1. The normalized spacial score (nSPS) is 20.8. The van der Waals surface area contributed by atoms with Gasteiger partial charge < -0.3 is 21.2 Å². The molecule has 2 aliphatic rings. The Kier molecular flexibility index (Phi) is 6.11. The number of ether oxygens (including phenoxy) is 1. The highest BCUT2D eigenvalue weighted by atomic mass is 16.5. The van der Waals surface area contributed by atoms with Crippen LogP contribution in [0.2, 0.25) is 0 Å². The highest BCUT2D eigenvalue weighted by molar-refractivity contribution is 6.08. The van der Waals surface area contributed by atoms with E-state index in [4.69, 9.17) is 15.9 Å². The molecule has 1 heterocycles. The Bertz CT molecular complexity index is 919. The summed E-state index contributed by atoms with van der Waals surface area (Å²) in [6.07, 6.45) is 12.9. The van der Waals surface area contributed by atoms with Crippen molar-refractivity contribution in [3.63, 3.8) is 0 Å². The fourth-order valence-electron chi connectivity index (χ4n) is 3.21. The summed E-state index contributed by atoms with van der Waals surface area (Å²) in [5.41, 5.74) is 8.10. The predicted octanol–water partition coefficient (Wildman–Crippen LogP) is 2.79. The van der Waals surface area contributed by atoms with E-state index in [0.29, 0.717) is 17.7 Å². The molecule has 0 bridgehead atoms. The molecule has 8 nitrogen and oxygen atoms in total. The van der Waals surface area contributed by atoms with Crippen molar-refractivity contribution in [2.45, 2.75) is 25.8 Å². The minimum Gasteiger partial charge on any atom is -0.469 e. The number of pyridine rings is 1. The molecule has 2 aliphatic carbocycles. The van der Waals surface area contributed by atoms with E-state index in [1.807, 2.05) is 37.3 Å². The number of hydrogen-bond acceptors (Lipinski definition) is 6. The van der Waals surface area contributed by atoms with Crippen LogP contribution in [0.5, 0.6) is 0 Å². The van der Waals surface area contributed by atoms with E-state index in [1.165, 1.54) is 19.4 Å². The number of aromatic nitrogens is 1. The van der Waals surface area contributed by atoms with Gasteiger partial charge in [0.15, 0.2) is 0 Å². The summed E-state index contributed by atoms with van der Waals surface area (Å²) < 4.78 is 4.72. The summed E-state index contributed by atoms with van der Waals surface area (Å²) in [6.45, 7) is 1.90. The third-order valence-corrected chi connectivity index (χ3v) is 4.99. The summed E-state index contributed by atoms with van der Waals surface area (Å²) >= 11 is 0. The van der Waals surface area contributed by atoms with Crippen LogP contribution in [0.3, 0.4) is 0 Å². The molecule has 0 aliphatic heterocycles. The van der Waals surface area contributed by atoms with Crippen LogP contribution in [0.15, 0.2) is 48.2 Å². The zero-order valence-corrected chi connectivity index (χ0v) is 16.4. The van der Waals surface area contributed by atoms with Crippen LogP contribution >= 0.6 is 0 Å². The first-order chi connectivity index (χ1) is 13.9. The Morgan fingerprint density at radius 2 is 2.14 bits per heavy atom. The summed E-state index contributed by atoms with van der Waals surface area (Å²) in [6, 6.07) is 0.934. The van der Waals surface area contributed by atoms with Crippen molar-refractivity contribution in [3.8, 4) is 0 Å². The second-order valence-corrected chi connectivity index (χ2v) is 7.10. The maximum Gasteiger partial charge on any atom is 0.320 e. The summed E-state index contributed by atoms with van der Waals surface area (Å²) in [5.74, 6) is -0.526. The highest BCUT2D eigenvalue weighted by Gasteiger charge is 2.47. The van der Waals surface area contributed by atoms with Crippen LogP contribution in [-0.2, 0) is 9.53 Å². The molecule has 3 rings (SSSR count). The number of carbonyl (C=O) groups excluding carboxylic acids is 2. The average molecular weight is 395 g/mol. The SMILES string of the molecule is COC(=O)C1CC1C(=N)c1cnc(NC(=O)N[C@H](C)C2=CC=CCC=C2)cc1N. The highest BCUT2D eigenvalue weighted by Crippen LogP contribution is 2.42. The van der Waals surface area contributed by atoms with Gasteiger partial charge in [0.25, 0.3) is 0 Å². The molecule has 2 unspecified atom stereocenters. The number of nitrogens with two attached hydrogens (primary N) is 1. The number of hydrogen-bond donors (Lipinski definition) is 4. The molecular formula is C21H25N5O3. The molecule has 1 saturated carbocycles. The number of allylic oxidation sites excluding steroid dienone is 4. The van der Waals surface area contributed by atoms with Crippen molar-refractivity contribution < 1.29 is 14.3 Å². The van der Waals surface area contributed by atoms with Gasteiger partial charge in [0.05, 0.1) is 19.1 Å². The average Bonchev–Trinajstić information content (AvgIpc) is 3.50. The second kappa shape index (κ2) is 8.72. The Morgan fingerprint density at radius 3 is 2.86 bits per heavy atom. The molecule has 0 saturated heterocycles. The lowest BCUT2D eigenvalue weighted by Crippen LogP contribution is -2.37. The van der Waals surface area contributed by atoms with E-state index >= 15 is 0 Å². The number of methoxy groups -OCH3 is 1. The lowest BCUT2D eigenvalue weighted by Gasteiger charge is -2.16. The first-order valence-corrected chi connectivity index (χ1v) is 9.43. The monoisotopic (exact) mass is 395 g/mol. The van der Waals surface area contributed by atoms with Crippen LogP contribution in [0, 0.1) is 17.2 Å². The van der Waals surface area contributed by atoms with Crippen molar-refractivity contribution in [3.05, 3.63) is 53.8 Å². The smallest absolute Gasteiger partial charge is 0.320 e. The Hall–Kier alpha value is -3.42. The van der Waals surface area contributed by atoms with Gasteiger partial charge in [-0.3, -0.25) is 10.1 Å². The van der Waals surface area contributed by atoms with E-state index in [-0.39, 0.29) is 35.4 Å². The first-order valence-electron chi connectivity index (χ1n) is 9.43. The molecule has 0 aromatic carbocycles. The fourth-order valence-corrected chi connectivity index (χ4v) is 3.21. The zero-order chi connectivity index (χ0) is 21.0. The number of nitrogens with one attached hydrogen (secondary N) is 3. The van der Waals surface area contributed by atoms with Crippen LogP contribution in [-0.4, -0.2) is 35.8 Å². The van der Waals surface area contributed by atoms with Crippen molar-refractivity contribution in [1.82, 2.24) is 10.3 Å². The van der Waals surface area contributed by atoms with Gasteiger partial charge in [-0.2, -0.15) is 0 Å². The van der Waals surface area contributed by atoms with E-state index in [0.717, 1.165) is 12.0 Å². The summed E-state index contributed by atoms with van der Waals surface area (Å²) in [7, 11) is 1.34. The van der Waals surface area contributed by atoms with Crippen LogP contribution < -0.4 is 16.4 Å². The molecule has 1 fully saturated rings. The minimum atomic E-state index is -0.400. The number of esters is 1.